The number of hydrogen-bond acceptors (Lipinski definition) is 4. The maximum Gasteiger partial charge on any atom is 0.304 e. The van der Waals surface area contributed by atoms with Crippen molar-refractivity contribution < 1.29 is 14.6 Å². The summed E-state index contributed by atoms with van der Waals surface area (Å²) in [4.78, 5) is 12.9. The zero-order valence-electron chi connectivity index (χ0n) is 13.3. The molecule has 22 heavy (non-hydrogen) atoms. The van der Waals surface area contributed by atoms with Crippen LogP contribution in [0.15, 0.2) is 18.2 Å². The molecule has 0 spiro atoms. The van der Waals surface area contributed by atoms with Crippen molar-refractivity contribution in [2.75, 3.05) is 31.6 Å². The van der Waals surface area contributed by atoms with Gasteiger partial charge in [0.2, 0.25) is 0 Å². The Morgan fingerprint density at radius 2 is 2.00 bits per heavy atom. The lowest BCUT2D eigenvalue weighted by Crippen LogP contribution is -2.24. The van der Waals surface area contributed by atoms with Gasteiger partial charge in [-0.25, -0.2) is 0 Å². The summed E-state index contributed by atoms with van der Waals surface area (Å²) in [5.41, 5.74) is 2.28. The summed E-state index contributed by atoms with van der Waals surface area (Å²) in [6.07, 6.45) is 5.24. The fraction of sp³-hybridized carbons (Fsp3) is 0.588. The molecule has 1 heterocycles. The quantitative estimate of drug-likeness (QED) is 0.758. The van der Waals surface area contributed by atoms with Gasteiger partial charge in [0.1, 0.15) is 5.75 Å². The first-order chi connectivity index (χ1) is 10.7. The van der Waals surface area contributed by atoms with Crippen LogP contribution in [0.4, 0.5) is 5.69 Å². The van der Waals surface area contributed by atoms with E-state index < -0.39 is 5.97 Å². The number of carboxylic acids is 1. The average molecular weight is 306 g/mol. The van der Waals surface area contributed by atoms with Gasteiger partial charge in [0.15, 0.2) is 0 Å². The second-order valence-electron chi connectivity index (χ2n) is 5.73. The zero-order chi connectivity index (χ0) is 15.8. The minimum absolute atomic E-state index is 0.142. The van der Waals surface area contributed by atoms with Gasteiger partial charge >= 0.3 is 5.97 Å². The normalized spacial score (nSPS) is 15.4. The lowest BCUT2D eigenvalue weighted by Gasteiger charge is -2.25. The summed E-state index contributed by atoms with van der Waals surface area (Å²) in [5, 5.41) is 11.8. The summed E-state index contributed by atoms with van der Waals surface area (Å²) in [5.74, 6) is 0.126. The van der Waals surface area contributed by atoms with Crippen LogP contribution in [-0.2, 0) is 11.3 Å². The van der Waals surface area contributed by atoms with E-state index in [1.165, 1.54) is 31.4 Å². The number of nitrogens with one attached hydrogen (secondary N) is 1. The van der Waals surface area contributed by atoms with Crippen LogP contribution < -0.4 is 15.0 Å². The number of carbonyl (C=O) groups is 1. The lowest BCUT2D eigenvalue weighted by molar-refractivity contribution is -0.136. The van der Waals surface area contributed by atoms with E-state index in [0.29, 0.717) is 13.1 Å². The van der Waals surface area contributed by atoms with Crippen LogP contribution in [0.5, 0.6) is 5.75 Å². The van der Waals surface area contributed by atoms with Crippen molar-refractivity contribution in [1.82, 2.24) is 5.32 Å². The lowest BCUT2D eigenvalue weighted by atomic mass is 10.1. The Kier molecular flexibility index (Phi) is 6.52. The van der Waals surface area contributed by atoms with Gasteiger partial charge in [0, 0.05) is 26.2 Å². The molecule has 1 aromatic carbocycles. The number of carboxylic acid groups (broad SMARTS) is 1. The average Bonchev–Trinajstić information content (AvgIpc) is 2.80. The van der Waals surface area contributed by atoms with E-state index in [-0.39, 0.29) is 6.42 Å². The van der Waals surface area contributed by atoms with Crippen molar-refractivity contribution in [1.29, 1.82) is 0 Å². The number of nitrogens with zero attached hydrogens (tertiary/aromatic N) is 1. The van der Waals surface area contributed by atoms with Crippen molar-refractivity contribution in [3.05, 3.63) is 23.8 Å². The number of ether oxygens (including phenoxy) is 1. The molecule has 0 aromatic heterocycles. The minimum Gasteiger partial charge on any atom is -0.495 e. The fourth-order valence-corrected chi connectivity index (χ4v) is 2.83. The van der Waals surface area contributed by atoms with E-state index in [1.54, 1.807) is 7.11 Å². The molecule has 2 rings (SSSR count). The number of hydrogen-bond donors (Lipinski definition) is 2. The summed E-state index contributed by atoms with van der Waals surface area (Å²) in [6, 6.07) is 6.27. The second-order valence-corrected chi connectivity index (χ2v) is 5.73. The van der Waals surface area contributed by atoms with E-state index >= 15 is 0 Å². The van der Waals surface area contributed by atoms with E-state index in [2.05, 4.69) is 22.3 Å². The molecule has 5 heteroatoms. The minimum atomic E-state index is -0.776. The summed E-state index contributed by atoms with van der Waals surface area (Å²) in [7, 11) is 1.71. The molecular formula is C17H26N2O3. The van der Waals surface area contributed by atoms with Crippen molar-refractivity contribution in [3.63, 3.8) is 0 Å². The third-order valence-corrected chi connectivity index (χ3v) is 4.04. The molecule has 1 aromatic rings. The highest BCUT2D eigenvalue weighted by molar-refractivity contribution is 5.66. The van der Waals surface area contributed by atoms with Gasteiger partial charge in [-0.2, -0.15) is 0 Å². The molecule has 1 saturated heterocycles. The monoisotopic (exact) mass is 306 g/mol. The molecule has 5 nitrogen and oxygen atoms in total. The molecule has 1 aliphatic heterocycles. The predicted molar refractivity (Wildman–Crippen MR) is 87.6 cm³/mol. The first kappa shape index (κ1) is 16.6. The summed E-state index contributed by atoms with van der Waals surface area (Å²) < 4.78 is 5.56. The number of benzene rings is 1. The van der Waals surface area contributed by atoms with Crippen molar-refractivity contribution in [2.24, 2.45) is 0 Å². The molecule has 2 N–H and O–H groups in total. The Balaban J connectivity index is 1.98. The molecule has 0 unspecified atom stereocenters. The van der Waals surface area contributed by atoms with Crippen LogP contribution in [0.3, 0.4) is 0 Å². The fourth-order valence-electron chi connectivity index (χ4n) is 2.83. The molecule has 1 aliphatic rings. The largest absolute Gasteiger partial charge is 0.495 e. The number of aliphatic carboxylic acids is 1. The Morgan fingerprint density at radius 3 is 2.64 bits per heavy atom. The molecule has 0 bridgehead atoms. The van der Waals surface area contributed by atoms with Gasteiger partial charge in [0.25, 0.3) is 0 Å². The van der Waals surface area contributed by atoms with Crippen LogP contribution in [0.2, 0.25) is 0 Å². The Hall–Kier alpha value is -1.75. The van der Waals surface area contributed by atoms with Crippen LogP contribution >= 0.6 is 0 Å². The highest BCUT2D eigenvalue weighted by Gasteiger charge is 2.14. The molecule has 1 fully saturated rings. The maximum absolute atomic E-state index is 10.5. The van der Waals surface area contributed by atoms with E-state index in [4.69, 9.17) is 9.84 Å². The Labute approximate surface area is 132 Å². The van der Waals surface area contributed by atoms with Crippen LogP contribution in [0.1, 0.15) is 37.7 Å². The zero-order valence-corrected chi connectivity index (χ0v) is 13.3. The van der Waals surface area contributed by atoms with Gasteiger partial charge in [-0.05, 0) is 30.5 Å². The van der Waals surface area contributed by atoms with Crippen LogP contribution in [-0.4, -0.2) is 37.8 Å². The molecule has 0 atom stereocenters. The summed E-state index contributed by atoms with van der Waals surface area (Å²) >= 11 is 0. The standard InChI is InChI=1S/C17H26N2O3/c1-22-16-12-14(13-18-9-8-17(20)21)6-7-15(16)19-10-4-2-3-5-11-19/h6-7,12,18H,2-5,8-11,13H2,1H3,(H,20,21). The topological polar surface area (TPSA) is 61.8 Å². The summed E-state index contributed by atoms with van der Waals surface area (Å²) in [6.45, 7) is 3.31. The highest BCUT2D eigenvalue weighted by Crippen LogP contribution is 2.31. The van der Waals surface area contributed by atoms with Crippen molar-refractivity contribution in [2.45, 2.75) is 38.6 Å². The number of methoxy groups -OCH3 is 1. The van der Waals surface area contributed by atoms with Gasteiger partial charge in [-0.15, -0.1) is 0 Å². The maximum atomic E-state index is 10.5. The Bertz CT molecular complexity index is 483. The molecular weight excluding hydrogens is 280 g/mol. The van der Waals surface area contributed by atoms with Crippen molar-refractivity contribution >= 4 is 11.7 Å². The second kappa shape index (κ2) is 8.63. The first-order valence-electron chi connectivity index (χ1n) is 8.05. The predicted octanol–water partition coefficient (Wildman–Crippen LogP) is 2.64. The third-order valence-electron chi connectivity index (χ3n) is 4.04. The molecule has 0 aliphatic carbocycles. The molecule has 0 amide bonds. The smallest absolute Gasteiger partial charge is 0.304 e. The SMILES string of the molecule is COc1cc(CNCCC(=O)O)ccc1N1CCCCCC1. The van der Waals surface area contributed by atoms with E-state index in [1.807, 2.05) is 6.07 Å². The van der Waals surface area contributed by atoms with Gasteiger partial charge in [0.05, 0.1) is 19.2 Å². The van der Waals surface area contributed by atoms with E-state index in [0.717, 1.165) is 24.4 Å². The third kappa shape index (κ3) is 4.91. The number of anilines is 1. The molecule has 0 saturated carbocycles. The van der Waals surface area contributed by atoms with Gasteiger partial charge in [-0.3, -0.25) is 4.79 Å². The van der Waals surface area contributed by atoms with Crippen LogP contribution in [0.25, 0.3) is 0 Å². The molecule has 122 valence electrons. The van der Waals surface area contributed by atoms with Crippen LogP contribution in [0, 0.1) is 0 Å². The highest BCUT2D eigenvalue weighted by atomic mass is 16.5. The molecule has 0 radical (unpaired) electrons. The Morgan fingerprint density at radius 1 is 1.27 bits per heavy atom. The number of rotatable bonds is 7. The van der Waals surface area contributed by atoms with E-state index in [9.17, 15) is 4.79 Å². The van der Waals surface area contributed by atoms with Gasteiger partial charge in [-0.1, -0.05) is 18.9 Å². The van der Waals surface area contributed by atoms with Crippen molar-refractivity contribution in [3.8, 4) is 5.75 Å². The first-order valence-corrected chi connectivity index (χ1v) is 8.05. The van der Waals surface area contributed by atoms with Gasteiger partial charge < -0.3 is 20.1 Å².